The normalized spacial score (nSPS) is 18.7. The van der Waals surface area contributed by atoms with Gasteiger partial charge in [0.25, 0.3) is 5.91 Å². The second-order valence-electron chi connectivity index (χ2n) is 7.81. The van der Waals surface area contributed by atoms with Crippen molar-refractivity contribution in [2.75, 3.05) is 19.7 Å². The van der Waals surface area contributed by atoms with Crippen LogP contribution in [0.5, 0.6) is 5.88 Å². The van der Waals surface area contributed by atoms with Gasteiger partial charge in [-0.15, -0.1) is 0 Å². The van der Waals surface area contributed by atoms with Crippen molar-refractivity contribution in [3.05, 3.63) is 23.9 Å². The highest BCUT2D eigenvalue weighted by Crippen LogP contribution is 2.19. The molecule has 0 spiro atoms. The van der Waals surface area contributed by atoms with Crippen molar-refractivity contribution in [2.24, 2.45) is 0 Å². The number of halogens is 3. The standard InChI is InChI=1S/C20H27F3N4O3/c21-20(22,23)13-30-17-7-6-14(12-24-17)18(28)27-10-8-16(9-11-27)26-19(29)25-15-4-2-1-3-5-15/h6-7,12,15-16H,1-5,8-11,13H2,(H2,25,26,29). The van der Waals surface area contributed by atoms with Crippen LogP contribution in [-0.4, -0.2) is 59.8 Å². The fourth-order valence-electron chi connectivity index (χ4n) is 3.82. The first-order valence-corrected chi connectivity index (χ1v) is 10.3. The molecule has 0 aromatic carbocycles. The van der Waals surface area contributed by atoms with Gasteiger partial charge in [-0.2, -0.15) is 13.2 Å². The molecule has 0 atom stereocenters. The van der Waals surface area contributed by atoms with E-state index >= 15 is 0 Å². The molecule has 1 aromatic rings. The van der Waals surface area contributed by atoms with Gasteiger partial charge in [0.2, 0.25) is 5.88 Å². The van der Waals surface area contributed by atoms with Gasteiger partial charge in [0, 0.05) is 37.4 Å². The van der Waals surface area contributed by atoms with Crippen LogP contribution in [0.1, 0.15) is 55.3 Å². The zero-order valence-corrected chi connectivity index (χ0v) is 16.7. The molecule has 0 bridgehead atoms. The number of aromatic nitrogens is 1. The lowest BCUT2D eigenvalue weighted by atomic mass is 9.96. The lowest BCUT2D eigenvalue weighted by Gasteiger charge is -2.33. The summed E-state index contributed by atoms with van der Waals surface area (Å²) >= 11 is 0. The Morgan fingerprint density at radius 3 is 2.23 bits per heavy atom. The number of ether oxygens (including phenoxy) is 1. The maximum absolute atomic E-state index is 12.6. The largest absolute Gasteiger partial charge is 0.468 e. The molecule has 7 nitrogen and oxygen atoms in total. The topological polar surface area (TPSA) is 83.6 Å². The van der Waals surface area contributed by atoms with E-state index in [-0.39, 0.29) is 35.5 Å². The lowest BCUT2D eigenvalue weighted by molar-refractivity contribution is -0.154. The van der Waals surface area contributed by atoms with Gasteiger partial charge in [-0.1, -0.05) is 19.3 Å². The van der Waals surface area contributed by atoms with Crippen molar-refractivity contribution < 1.29 is 27.5 Å². The quantitative estimate of drug-likeness (QED) is 0.754. The van der Waals surface area contributed by atoms with E-state index in [0.29, 0.717) is 25.9 Å². The Morgan fingerprint density at radius 1 is 1.03 bits per heavy atom. The predicted octanol–water partition coefficient (Wildman–Crippen LogP) is 3.26. The number of carbonyl (C=O) groups excluding carboxylic acids is 2. The van der Waals surface area contributed by atoms with Crippen LogP contribution in [0.4, 0.5) is 18.0 Å². The van der Waals surface area contributed by atoms with Gasteiger partial charge >= 0.3 is 12.2 Å². The molecule has 3 rings (SSSR count). The Balaban J connectivity index is 1.41. The molecule has 1 aromatic heterocycles. The third kappa shape index (κ3) is 6.77. The van der Waals surface area contributed by atoms with E-state index in [4.69, 9.17) is 0 Å². The zero-order valence-electron chi connectivity index (χ0n) is 16.7. The van der Waals surface area contributed by atoms with Gasteiger partial charge < -0.3 is 20.3 Å². The smallest absolute Gasteiger partial charge is 0.422 e. The number of urea groups is 1. The summed E-state index contributed by atoms with van der Waals surface area (Å²) in [5.74, 6) is -0.425. The van der Waals surface area contributed by atoms with Gasteiger partial charge in [-0.3, -0.25) is 4.79 Å². The predicted molar refractivity (Wildman–Crippen MR) is 103 cm³/mol. The highest BCUT2D eigenvalue weighted by molar-refractivity contribution is 5.94. The Morgan fingerprint density at radius 2 is 1.67 bits per heavy atom. The molecular weight excluding hydrogens is 401 g/mol. The minimum Gasteiger partial charge on any atom is -0.468 e. The number of amides is 3. The molecule has 2 aliphatic rings. The number of pyridine rings is 1. The van der Waals surface area contributed by atoms with Crippen LogP contribution in [-0.2, 0) is 0 Å². The molecular formula is C20H27F3N4O3. The second-order valence-corrected chi connectivity index (χ2v) is 7.81. The van der Waals surface area contributed by atoms with Crippen LogP contribution < -0.4 is 15.4 Å². The molecule has 0 radical (unpaired) electrons. The average Bonchev–Trinajstić information content (AvgIpc) is 2.73. The molecule has 2 N–H and O–H groups in total. The average molecular weight is 428 g/mol. The number of hydrogen-bond acceptors (Lipinski definition) is 4. The molecule has 166 valence electrons. The summed E-state index contributed by atoms with van der Waals surface area (Å²) in [6.07, 6.45) is 3.63. The zero-order chi connectivity index (χ0) is 21.6. The molecule has 1 aliphatic heterocycles. The Kier molecular flexibility index (Phi) is 7.38. The van der Waals surface area contributed by atoms with Crippen LogP contribution in [0.25, 0.3) is 0 Å². The summed E-state index contributed by atoms with van der Waals surface area (Å²) in [6.45, 7) is -0.457. The van der Waals surface area contributed by atoms with E-state index in [2.05, 4.69) is 20.4 Å². The van der Waals surface area contributed by atoms with Gasteiger partial charge in [0.1, 0.15) is 0 Å². The monoisotopic (exact) mass is 428 g/mol. The van der Waals surface area contributed by atoms with Crippen molar-refractivity contribution in [3.63, 3.8) is 0 Å². The number of piperidine rings is 1. The molecule has 0 unspecified atom stereocenters. The number of rotatable bonds is 5. The van der Waals surface area contributed by atoms with E-state index in [0.717, 1.165) is 25.7 Å². The Hall–Kier alpha value is -2.52. The Labute approximate surface area is 173 Å². The number of carbonyl (C=O) groups is 2. The third-order valence-corrected chi connectivity index (χ3v) is 5.42. The van der Waals surface area contributed by atoms with Gasteiger partial charge in [0.15, 0.2) is 6.61 Å². The number of nitrogens with one attached hydrogen (secondary N) is 2. The fraction of sp³-hybridized carbons (Fsp3) is 0.650. The first kappa shape index (κ1) is 22.2. The number of nitrogens with zero attached hydrogens (tertiary/aromatic N) is 2. The van der Waals surface area contributed by atoms with Crippen LogP contribution in [0, 0.1) is 0 Å². The molecule has 10 heteroatoms. The maximum atomic E-state index is 12.6. The summed E-state index contributed by atoms with van der Waals surface area (Å²) < 4.78 is 41.1. The fourth-order valence-corrected chi connectivity index (χ4v) is 3.82. The van der Waals surface area contributed by atoms with E-state index in [9.17, 15) is 22.8 Å². The van der Waals surface area contributed by atoms with E-state index in [1.165, 1.54) is 24.8 Å². The van der Waals surface area contributed by atoms with Crippen molar-refractivity contribution in [1.29, 1.82) is 0 Å². The summed E-state index contributed by atoms with van der Waals surface area (Å²) in [4.78, 5) is 30.2. The van der Waals surface area contributed by atoms with E-state index < -0.39 is 12.8 Å². The van der Waals surface area contributed by atoms with Crippen LogP contribution >= 0.6 is 0 Å². The van der Waals surface area contributed by atoms with Gasteiger partial charge in [0.05, 0.1) is 5.56 Å². The SMILES string of the molecule is O=C(NC1CCCCC1)NC1CCN(C(=O)c2ccc(OCC(F)(F)F)nc2)CC1. The molecule has 2 fully saturated rings. The highest BCUT2D eigenvalue weighted by atomic mass is 19.4. The third-order valence-electron chi connectivity index (χ3n) is 5.42. The summed E-state index contributed by atoms with van der Waals surface area (Å²) in [6, 6.07) is 2.77. The first-order valence-electron chi connectivity index (χ1n) is 10.3. The molecule has 1 saturated heterocycles. The number of hydrogen-bond donors (Lipinski definition) is 2. The number of likely N-dealkylation sites (tertiary alicyclic amines) is 1. The maximum Gasteiger partial charge on any atom is 0.422 e. The van der Waals surface area contributed by atoms with Crippen molar-refractivity contribution >= 4 is 11.9 Å². The highest BCUT2D eigenvalue weighted by Gasteiger charge is 2.29. The van der Waals surface area contributed by atoms with Gasteiger partial charge in [-0.05, 0) is 31.7 Å². The Bertz CT molecular complexity index is 713. The summed E-state index contributed by atoms with van der Waals surface area (Å²) in [5.41, 5.74) is 0.288. The summed E-state index contributed by atoms with van der Waals surface area (Å²) in [7, 11) is 0. The molecule has 1 aliphatic carbocycles. The minimum atomic E-state index is -4.44. The molecule has 30 heavy (non-hydrogen) atoms. The van der Waals surface area contributed by atoms with Crippen molar-refractivity contribution in [3.8, 4) is 5.88 Å². The molecule has 3 amide bonds. The first-order chi connectivity index (χ1) is 14.3. The van der Waals surface area contributed by atoms with Crippen molar-refractivity contribution in [2.45, 2.75) is 63.2 Å². The van der Waals surface area contributed by atoms with Gasteiger partial charge in [-0.25, -0.2) is 9.78 Å². The van der Waals surface area contributed by atoms with Crippen LogP contribution in [0.3, 0.4) is 0 Å². The second kappa shape index (κ2) is 9.99. The van der Waals surface area contributed by atoms with Crippen LogP contribution in [0.15, 0.2) is 18.3 Å². The molecule has 2 heterocycles. The van der Waals surface area contributed by atoms with E-state index in [1.54, 1.807) is 4.90 Å². The number of alkyl halides is 3. The summed E-state index contributed by atoms with van der Waals surface area (Å²) in [5, 5.41) is 6.02. The lowest BCUT2D eigenvalue weighted by Crippen LogP contribution is -2.51. The minimum absolute atomic E-state index is 0.00825. The van der Waals surface area contributed by atoms with Crippen molar-refractivity contribution in [1.82, 2.24) is 20.5 Å². The van der Waals surface area contributed by atoms with Crippen LogP contribution in [0.2, 0.25) is 0 Å². The molecule has 1 saturated carbocycles. The van der Waals surface area contributed by atoms with E-state index in [1.807, 2.05) is 0 Å².